The van der Waals surface area contributed by atoms with Crippen molar-refractivity contribution >= 4 is 0 Å². The molecule has 0 spiro atoms. The lowest BCUT2D eigenvalue weighted by Gasteiger charge is -2.28. The Labute approximate surface area is 97.9 Å². The quantitative estimate of drug-likeness (QED) is 0.825. The lowest BCUT2D eigenvalue weighted by molar-refractivity contribution is 0.214. The van der Waals surface area contributed by atoms with E-state index in [1.165, 1.54) is 0 Å². The standard InChI is InChI=1S/C14H22O2/c1-9(2)11-7-6-10(3)13(16)12(11)14(4,5)8-15/h6-7,9,15-16H,8H2,1-5H3. The van der Waals surface area contributed by atoms with E-state index >= 15 is 0 Å². The van der Waals surface area contributed by atoms with E-state index in [1.54, 1.807) is 0 Å². The van der Waals surface area contributed by atoms with Crippen molar-refractivity contribution in [3.63, 3.8) is 0 Å². The molecule has 0 radical (unpaired) electrons. The van der Waals surface area contributed by atoms with Gasteiger partial charge in [-0.2, -0.15) is 0 Å². The average molecular weight is 222 g/mol. The maximum atomic E-state index is 10.2. The van der Waals surface area contributed by atoms with Crippen LogP contribution in [-0.2, 0) is 5.41 Å². The van der Waals surface area contributed by atoms with Crippen LogP contribution in [0.15, 0.2) is 12.1 Å². The molecule has 2 nitrogen and oxygen atoms in total. The first kappa shape index (κ1) is 13.0. The smallest absolute Gasteiger partial charge is 0.122 e. The summed E-state index contributed by atoms with van der Waals surface area (Å²) in [5.74, 6) is 0.664. The highest BCUT2D eigenvalue weighted by Gasteiger charge is 2.27. The Balaban J connectivity index is 3.49. The first-order valence-electron chi connectivity index (χ1n) is 5.75. The van der Waals surface area contributed by atoms with Crippen LogP contribution in [0.4, 0.5) is 0 Å². The highest BCUT2D eigenvalue weighted by atomic mass is 16.3. The van der Waals surface area contributed by atoms with E-state index in [0.717, 1.165) is 16.7 Å². The van der Waals surface area contributed by atoms with E-state index < -0.39 is 5.41 Å². The van der Waals surface area contributed by atoms with Crippen molar-refractivity contribution < 1.29 is 10.2 Å². The number of phenolic OH excluding ortho intramolecular Hbond substituents is 1. The summed E-state index contributed by atoms with van der Waals surface area (Å²) in [5, 5.41) is 19.6. The molecule has 0 aliphatic carbocycles. The summed E-state index contributed by atoms with van der Waals surface area (Å²) in [6.07, 6.45) is 0. The SMILES string of the molecule is Cc1ccc(C(C)C)c(C(C)(C)CO)c1O. The third-order valence-electron chi connectivity index (χ3n) is 3.11. The molecule has 2 heteroatoms. The number of aliphatic hydroxyl groups is 1. The third kappa shape index (κ3) is 2.22. The molecule has 0 atom stereocenters. The molecular weight excluding hydrogens is 200 g/mol. The van der Waals surface area contributed by atoms with Crippen molar-refractivity contribution in [1.82, 2.24) is 0 Å². The molecule has 0 bridgehead atoms. The molecule has 0 saturated carbocycles. The van der Waals surface area contributed by atoms with E-state index in [1.807, 2.05) is 32.9 Å². The molecule has 0 amide bonds. The van der Waals surface area contributed by atoms with Crippen molar-refractivity contribution in [3.8, 4) is 5.75 Å². The zero-order chi connectivity index (χ0) is 12.5. The van der Waals surface area contributed by atoms with Gasteiger partial charge in [-0.15, -0.1) is 0 Å². The van der Waals surface area contributed by atoms with Crippen molar-refractivity contribution in [2.75, 3.05) is 6.61 Å². The van der Waals surface area contributed by atoms with Crippen molar-refractivity contribution in [3.05, 3.63) is 28.8 Å². The minimum atomic E-state index is -0.407. The Morgan fingerprint density at radius 1 is 1.25 bits per heavy atom. The van der Waals surface area contributed by atoms with Crippen molar-refractivity contribution in [1.29, 1.82) is 0 Å². The molecule has 2 N–H and O–H groups in total. The second kappa shape index (κ2) is 4.46. The minimum absolute atomic E-state index is 0.0315. The number of aryl methyl sites for hydroxylation is 1. The summed E-state index contributed by atoms with van der Waals surface area (Å²) in [6, 6.07) is 3.98. The largest absolute Gasteiger partial charge is 0.507 e. The molecule has 0 fully saturated rings. The summed E-state index contributed by atoms with van der Waals surface area (Å²) >= 11 is 0. The van der Waals surface area contributed by atoms with Crippen LogP contribution in [0, 0.1) is 6.92 Å². The van der Waals surface area contributed by atoms with Gasteiger partial charge in [-0.25, -0.2) is 0 Å². The van der Waals surface area contributed by atoms with Gasteiger partial charge in [-0.1, -0.05) is 39.8 Å². The maximum Gasteiger partial charge on any atom is 0.122 e. The van der Waals surface area contributed by atoms with E-state index in [4.69, 9.17) is 0 Å². The Hall–Kier alpha value is -1.02. The van der Waals surface area contributed by atoms with Crippen LogP contribution in [0.5, 0.6) is 5.75 Å². The Bertz CT molecular complexity index is 379. The fraction of sp³-hybridized carbons (Fsp3) is 0.571. The summed E-state index contributed by atoms with van der Waals surface area (Å²) in [4.78, 5) is 0. The lowest BCUT2D eigenvalue weighted by Crippen LogP contribution is -2.24. The van der Waals surface area contributed by atoms with E-state index in [2.05, 4.69) is 13.8 Å². The molecule has 0 saturated heterocycles. The zero-order valence-corrected chi connectivity index (χ0v) is 10.8. The topological polar surface area (TPSA) is 40.5 Å². The molecule has 0 unspecified atom stereocenters. The predicted octanol–water partition coefficient (Wildman–Crippen LogP) is 3.09. The molecule has 90 valence electrons. The predicted molar refractivity (Wildman–Crippen MR) is 67.0 cm³/mol. The number of hydrogen-bond acceptors (Lipinski definition) is 2. The number of benzene rings is 1. The molecule has 1 rings (SSSR count). The van der Waals surface area contributed by atoms with Crippen LogP contribution in [0.2, 0.25) is 0 Å². The molecule has 1 aromatic carbocycles. The van der Waals surface area contributed by atoms with E-state index in [-0.39, 0.29) is 6.61 Å². The van der Waals surface area contributed by atoms with Crippen molar-refractivity contribution in [2.45, 2.75) is 46.0 Å². The van der Waals surface area contributed by atoms with Crippen molar-refractivity contribution in [2.24, 2.45) is 0 Å². The highest BCUT2D eigenvalue weighted by Crippen LogP contribution is 2.38. The van der Waals surface area contributed by atoms with Gasteiger partial charge in [0.25, 0.3) is 0 Å². The number of aliphatic hydroxyl groups excluding tert-OH is 1. The normalized spacial score (nSPS) is 12.2. The van der Waals surface area contributed by atoms with Gasteiger partial charge < -0.3 is 10.2 Å². The first-order chi connectivity index (χ1) is 7.31. The molecule has 16 heavy (non-hydrogen) atoms. The average Bonchev–Trinajstić information content (AvgIpc) is 2.21. The monoisotopic (exact) mass is 222 g/mol. The van der Waals surface area contributed by atoms with Gasteiger partial charge >= 0.3 is 0 Å². The third-order valence-corrected chi connectivity index (χ3v) is 3.11. The number of aromatic hydroxyl groups is 1. The number of hydrogen-bond donors (Lipinski definition) is 2. The molecule has 0 aliphatic heterocycles. The molecular formula is C14H22O2. The summed E-state index contributed by atoms with van der Waals surface area (Å²) in [6.45, 7) is 10.0. The maximum absolute atomic E-state index is 10.2. The zero-order valence-electron chi connectivity index (χ0n) is 10.8. The lowest BCUT2D eigenvalue weighted by atomic mass is 9.78. The summed E-state index contributed by atoms with van der Waals surface area (Å²) < 4.78 is 0. The number of rotatable bonds is 3. The fourth-order valence-electron chi connectivity index (χ4n) is 1.98. The molecule has 0 heterocycles. The Morgan fingerprint density at radius 3 is 2.25 bits per heavy atom. The second-order valence-corrected chi connectivity index (χ2v) is 5.39. The minimum Gasteiger partial charge on any atom is -0.507 e. The van der Waals surface area contributed by atoms with Crippen LogP contribution in [-0.4, -0.2) is 16.8 Å². The molecule has 0 aliphatic rings. The molecule has 1 aromatic rings. The summed E-state index contributed by atoms with van der Waals surface area (Å²) in [5.41, 5.74) is 2.45. The van der Waals surface area contributed by atoms with Crippen LogP contribution in [0.3, 0.4) is 0 Å². The Kier molecular flexibility index (Phi) is 3.64. The van der Waals surface area contributed by atoms with Crippen LogP contribution < -0.4 is 0 Å². The van der Waals surface area contributed by atoms with Gasteiger partial charge in [0.05, 0.1) is 6.61 Å². The van der Waals surface area contributed by atoms with E-state index in [0.29, 0.717) is 11.7 Å². The van der Waals surface area contributed by atoms with Crippen LogP contribution in [0.25, 0.3) is 0 Å². The Morgan fingerprint density at radius 2 is 1.81 bits per heavy atom. The van der Waals surface area contributed by atoms with Gasteiger partial charge in [0.2, 0.25) is 0 Å². The summed E-state index contributed by atoms with van der Waals surface area (Å²) in [7, 11) is 0. The van der Waals surface area contributed by atoms with Gasteiger partial charge in [-0.05, 0) is 24.0 Å². The van der Waals surface area contributed by atoms with Gasteiger partial charge in [0.1, 0.15) is 5.75 Å². The highest BCUT2D eigenvalue weighted by molar-refractivity contribution is 5.50. The van der Waals surface area contributed by atoms with Crippen LogP contribution in [0.1, 0.15) is 50.3 Å². The van der Waals surface area contributed by atoms with Crippen LogP contribution >= 0.6 is 0 Å². The first-order valence-corrected chi connectivity index (χ1v) is 5.75. The number of phenols is 1. The second-order valence-electron chi connectivity index (χ2n) is 5.39. The van der Waals surface area contributed by atoms with Gasteiger partial charge in [0, 0.05) is 11.0 Å². The fourth-order valence-corrected chi connectivity index (χ4v) is 1.98. The van der Waals surface area contributed by atoms with Gasteiger partial charge in [-0.3, -0.25) is 0 Å². The molecule has 0 aromatic heterocycles. The van der Waals surface area contributed by atoms with Gasteiger partial charge in [0.15, 0.2) is 0 Å². The van der Waals surface area contributed by atoms with E-state index in [9.17, 15) is 10.2 Å².